The lowest BCUT2D eigenvalue weighted by Gasteiger charge is -2.19. The summed E-state index contributed by atoms with van der Waals surface area (Å²) in [6.07, 6.45) is 1.39. The first-order valence-electron chi connectivity index (χ1n) is 3.80. The van der Waals surface area contributed by atoms with E-state index in [1.807, 2.05) is 10.8 Å². The Balaban J connectivity index is 2.06. The highest BCUT2D eigenvalue weighted by atomic mass is 33.1. The van der Waals surface area contributed by atoms with Crippen LogP contribution >= 0.6 is 21.6 Å². The van der Waals surface area contributed by atoms with Gasteiger partial charge in [0.2, 0.25) is 0 Å². The molecule has 2 heteroatoms. The molecule has 0 bridgehead atoms. The van der Waals surface area contributed by atoms with Crippen molar-refractivity contribution >= 4 is 21.6 Å². The van der Waals surface area contributed by atoms with Gasteiger partial charge in [0, 0.05) is 5.25 Å². The summed E-state index contributed by atoms with van der Waals surface area (Å²) in [5.41, 5.74) is 1.71. The Bertz CT molecular complexity index is 172. The second kappa shape index (κ2) is 2.49. The first-order valence-corrected chi connectivity index (χ1v) is 6.07. The Hall–Kier alpha value is 0.440. The molecule has 0 amide bonds. The minimum absolute atomic E-state index is 0.855. The molecule has 0 spiro atoms. The molecular formula is C8H12S2. The predicted octanol–water partition coefficient (Wildman–Crippen LogP) is 3.31. The summed E-state index contributed by atoms with van der Waals surface area (Å²) in [5, 5.41) is 3.25. The second-order valence-corrected chi connectivity index (χ2v) is 5.72. The van der Waals surface area contributed by atoms with Crippen LogP contribution in [0.3, 0.4) is 0 Å². The number of allylic oxidation sites excluding steroid dienone is 1. The maximum atomic E-state index is 2.34. The highest BCUT2D eigenvalue weighted by Crippen LogP contribution is 2.56. The van der Waals surface area contributed by atoms with E-state index in [2.05, 4.69) is 30.0 Å². The minimum Gasteiger partial charge on any atom is -0.0852 e. The lowest BCUT2D eigenvalue weighted by atomic mass is 10.1. The molecule has 1 heterocycles. The molecule has 0 nitrogen and oxygen atoms in total. The van der Waals surface area contributed by atoms with E-state index in [4.69, 9.17) is 0 Å². The molecule has 2 unspecified atom stereocenters. The van der Waals surface area contributed by atoms with Gasteiger partial charge in [-0.1, -0.05) is 41.0 Å². The first-order chi connectivity index (χ1) is 4.79. The molecule has 2 aliphatic rings. The Morgan fingerprint density at radius 1 is 1.60 bits per heavy atom. The molecular weight excluding hydrogens is 160 g/mol. The molecule has 2 atom stereocenters. The molecule has 0 radical (unpaired) electrons. The summed E-state index contributed by atoms with van der Waals surface area (Å²) in [5.74, 6) is 1.82. The van der Waals surface area contributed by atoms with Gasteiger partial charge in [0.1, 0.15) is 0 Å². The Morgan fingerprint density at radius 2 is 2.40 bits per heavy atom. The highest BCUT2D eigenvalue weighted by Gasteiger charge is 2.41. The zero-order valence-corrected chi connectivity index (χ0v) is 7.97. The average Bonchev–Trinajstić information content (AvgIpc) is 2.63. The molecule has 0 N–H and O–H groups in total. The van der Waals surface area contributed by atoms with Gasteiger partial charge in [-0.2, -0.15) is 0 Å². The third kappa shape index (κ3) is 1.12. The quantitative estimate of drug-likeness (QED) is 0.557. The van der Waals surface area contributed by atoms with Gasteiger partial charge in [0.05, 0.1) is 0 Å². The van der Waals surface area contributed by atoms with Crippen LogP contribution in [0.2, 0.25) is 0 Å². The van der Waals surface area contributed by atoms with Crippen LogP contribution < -0.4 is 0 Å². The van der Waals surface area contributed by atoms with Gasteiger partial charge in [0.25, 0.3) is 0 Å². The van der Waals surface area contributed by atoms with Crippen molar-refractivity contribution in [3.05, 3.63) is 11.0 Å². The van der Waals surface area contributed by atoms with Gasteiger partial charge in [0.15, 0.2) is 0 Å². The van der Waals surface area contributed by atoms with Crippen molar-refractivity contribution in [2.75, 3.05) is 0 Å². The van der Waals surface area contributed by atoms with Crippen LogP contribution in [0.25, 0.3) is 0 Å². The van der Waals surface area contributed by atoms with Crippen molar-refractivity contribution < 1.29 is 0 Å². The maximum Gasteiger partial charge on any atom is 0.0246 e. The number of fused-ring (bicyclic) bond motifs is 1. The molecule has 0 aromatic heterocycles. The molecule has 56 valence electrons. The second-order valence-electron chi connectivity index (χ2n) is 3.40. The summed E-state index contributed by atoms with van der Waals surface area (Å²) in [6, 6.07) is 0. The van der Waals surface area contributed by atoms with E-state index < -0.39 is 0 Å². The number of rotatable bonds is 1. The van der Waals surface area contributed by atoms with Crippen LogP contribution in [-0.2, 0) is 0 Å². The Labute approximate surface area is 70.2 Å². The fraction of sp³-hybridized carbons (Fsp3) is 0.750. The number of hydrogen-bond acceptors (Lipinski definition) is 2. The smallest absolute Gasteiger partial charge is 0.0246 e. The molecule has 1 aliphatic carbocycles. The topological polar surface area (TPSA) is 0 Å². The number of hydrogen-bond donors (Lipinski definition) is 0. The maximum absolute atomic E-state index is 2.34. The lowest BCUT2D eigenvalue weighted by Crippen LogP contribution is -2.13. The van der Waals surface area contributed by atoms with Gasteiger partial charge in [-0.15, -0.1) is 0 Å². The van der Waals surface area contributed by atoms with E-state index in [1.54, 1.807) is 5.57 Å². The van der Waals surface area contributed by atoms with Crippen molar-refractivity contribution in [3.8, 4) is 0 Å². The van der Waals surface area contributed by atoms with Crippen LogP contribution in [0, 0.1) is 11.8 Å². The zero-order valence-electron chi connectivity index (χ0n) is 6.33. The van der Waals surface area contributed by atoms with Crippen molar-refractivity contribution in [2.45, 2.75) is 25.5 Å². The van der Waals surface area contributed by atoms with E-state index in [0.717, 1.165) is 17.1 Å². The van der Waals surface area contributed by atoms with Crippen LogP contribution in [-0.4, -0.2) is 5.25 Å². The van der Waals surface area contributed by atoms with Crippen LogP contribution in [0.1, 0.15) is 20.3 Å². The minimum atomic E-state index is 0.855. The van der Waals surface area contributed by atoms with E-state index in [-0.39, 0.29) is 0 Å². The van der Waals surface area contributed by atoms with Gasteiger partial charge >= 0.3 is 0 Å². The highest BCUT2D eigenvalue weighted by molar-refractivity contribution is 8.78. The summed E-state index contributed by atoms with van der Waals surface area (Å²) in [7, 11) is 4.00. The van der Waals surface area contributed by atoms with Gasteiger partial charge in [-0.05, 0) is 23.7 Å². The fourth-order valence-corrected chi connectivity index (χ4v) is 4.65. The first kappa shape index (κ1) is 7.11. The van der Waals surface area contributed by atoms with Crippen LogP contribution in [0.15, 0.2) is 11.0 Å². The SMILES string of the molecule is CC(C)C1SSC=C2CC21. The molecule has 10 heavy (non-hydrogen) atoms. The molecule has 2 rings (SSSR count). The standard InChI is InChI=1S/C8H12S2/c1-5(2)8-7-3-6(7)4-9-10-8/h4-5,7-8H,3H2,1-2H3. The largest absolute Gasteiger partial charge is 0.0852 e. The van der Waals surface area contributed by atoms with E-state index in [9.17, 15) is 0 Å². The zero-order chi connectivity index (χ0) is 7.14. The molecule has 1 saturated carbocycles. The van der Waals surface area contributed by atoms with Crippen LogP contribution in [0.5, 0.6) is 0 Å². The summed E-state index contributed by atoms with van der Waals surface area (Å²) >= 11 is 0. The van der Waals surface area contributed by atoms with E-state index in [1.165, 1.54) is 6.42 Å². The normalized spacial score (nSPS) is 37.3. The monoisotopic (exact) mass is 172 g/mol. The lowest BCUT2D eigenvalue weighted by molar-refractivity contribution is 0.571. The van der Waals surface area contributed by atoms with E-state index >= 15 is 0 Å². The van der Waals surface area contributed by atoms with Crippen molar-refractivity contribution in [1.29, 1.82) is 0 Å². The summed E-state index contributed by atoms with van der Waals surface area (Å²) in [4.78, 5) is 0. The van der Waals surface area contributed by atoms with Gasteiger partial charge in [-0.25, -0.2) is 0 Å². The van der Waals surface area contributed by atoms with Crippen molar-refractivity contribution in [1.82, 2.24) is 0 Å². The molecule has 1 fully saturated rings. The van der Waals surface area contributed by atoms with E-state index in [0.29, 0.717) is 0 Å². The van der Waals surface area contributed by atoms with Crippen LogP contribution in [0.4, 0.5) is 0 Å². The average molecular weight is 172 g/mol. The molecule has 1 aliphatic heterocycles. The summed E-state index contributed by atoms with van der Waals surface area (Å²) in [6.45, 7) is 4.67. The predicted molar refractivity (Wildman–Crippen MR) is 50.0 cm³/mol. The molecule has 0 saturated heterocycles. The molecule has 0 aromatic rings. The van der Waals surface area contributed by atoms with Gasteiger partial charge < -0.3 is 0 Å². The summed E-state index contributed by atoms with van der Waals surface area (Å²) < 4.78 is 0. The third-order valence-electron chi connectivity index (χ3n) is 2.19. The van der Waals surface area contributed by atoms with Crippen molar-refractivity contribution in [2.24, 2.45) is 11.8 Å². The van der Waals surface area contributed by atoms with Crippen molar-refractivity contribution in [3.63, 3.8) is 0 Å². The fourth-order valence-electron chi connectivity index (χ4n) is 1.45. The Morgan fingerprint density at radius 3 is 3.00 bits per heavy atom. The third-order valence-corrected chi connectivity index (χ3v) is 5.09. The van der Waals surface area contributed by atoms with Gasteiger partial charge in [-0.3, -0.25) is 0 Å². The Kier molecular flexibility index (Phi) is 1.77. The molecule has 0 aromatic carbocycles.